The summed E-state index contributed by atoms with van der Waals surface area (Å²) >= 11 is 6.52. The molecule has 3 aliphatic carbocycles. The van der Waals surface area contributed by atoms with Crippen LogP contribution in [0.2, 0.25) is 5.02 Å². The Labute approximate surface area is 321 Å². The number of piperazine rings is 1. The summed E-state index contributed by atoms with van der Waals surface area (Å²) in [5.41, 5.74) is 3.00. The number of amides is 1. The third-order valence-corrected chi connectivity index (χ3v) is 16.3. The minimum atomic E-state index is -3.93. The van der Waals surface area contributed by atoms with Gasteiger partial charge in [0.25, 0.3) is 5.91 Å². The number of nitrogens with zero attached hydrogens (tertiary/aromatic N) is 3. The molecule has 0 radical (unpaired) electrons. The SMILES string of the molecule is CCO[C@@]1(CN2CCN(C(C)C)CC2)/C=C/C[C@@H]2C[C@@]2(C)S(=O)(=O)NC(=O)c2ccc3c(c2)N(C[C@@H]2CC[C@H]21)C[C@@]1(CCCc2cc(Cl)ccc21)CO3. The lowest BCUT2D eigenvalue weighted by Gasteiger charge is -2.52. The Morgan fingerprint density at radius 1 is 1.09 bits per heavy atom. The Hall–Kier alpha value is -2.63. The van der Waals surface area contributed by atoms with Crippen molar-refractivity contribution in [2.24, 2.45) is 17.8 Å². The molecule has 0 unspecified atom stereocenters. The molecule has 8 rings (SSSR count). The third kappa shape index (κ3) is 6.83. The monoisotopic (exact) mass is 764 g/mol. The fourth-order valence-corrected chi connectivity index (χ4v) is 12.1. The number of hydrogen-bond donors (Lipinski definition) is 1. The molecule has 1 N–H and O–H groups in total. The second-order valence-electron chi connectivity index (χ2n) is 17.3. The maximum atomic E-state index is 13.8. The molecule has 0 aromatic heterocycles. The van der Waals surface area contributed by atoms with E-state index in [9.17, 15) is 13.2 Å². The quantitative estimate of drug-likeness (QED) is 0.349. The number of benzene rings is 2. The van der Waals surface area contributed by atoms with Gasteiger partial charge >= 0.3 is 0 Å². The van der Waals surface area contributed by atoms with Gasteiger partial charge in [-0.25, -0.2) is 13.1 Å². The molecule has 3 heterocycles. The minimum absolute atomic E-state index is 0.0663. The van der Waals surface area contributed by atoms with Crippen LogP contribution in [0.25, 0.3) is 0 Å². The smallest absolute Gasteiger partial charge is 0.264 e. The summed E-state index contributed by atoms with van der Waals surface area (Å²) in [6.45, 7) is 16.0. The number of aryl methyl sites for hydroxylation is 1. The van der Waals surface area contributed by atoms with E-state index in [2.05, 4.69) is 64.5 Å². The van der Waals surface area contributed by atoms with Gasteiger partial charge < -0.3 is 14.4 Å². The van der Waals surface area contributed by atoms with E-state index in [1.807, 2.05) is 18.2 Å². The lowest BCUT2D eigenvalue weighted by atomic mass is 9.63. The van der Waals surface area contributed by atoms with Crippen LogP contribution < -0.4 is 14.4 Å². The number of carbonyl (C=O) groups excluding carboxylic acids is 1. The standard InChI is InChI=1S/C42H57ClN4O5S/c1-5-52-42(27-45-18-20-46(21-19-45)29(2)3)17-7-9-33-24-40(33,4)53(49,50)44-39(48)31-11-15-38-37(23-31)47(25-32-10-13-36(32)42)26-41(28-51-38)16-6-8-30-22-34(43)12-14-35(30)41/h7,11-12,14-15,17,22-23,29,32-33,36H,5-6,8-10,13,16,18-21,24-28H2,1-4H3,(H,44,48)/b17-7+/t32-,33+,36+,40+,41-,42+/m0/s1. The van der Waals surface area contributed by atoms with Gasteiger partial charge in [-0.1, -0.05) is 29.8 Å². The maximum Gasteiger partial charge on any atom is 0.264 e. The average Bonchev–Trinajstić information content (AvgIpc) is 3.82. The average molecular weight is 765 g/mol. The first-order valence-electron chi connectivity index (χ1n) is 20.0. The molecule has 3 fully saturated rings. The van der Waals surface area contributed by atoms with E-state index in [0.717, 1.165) is 94.4 Å². The molecular formula is C42H57ClN4O5S. The highest BCUT2D eigenvalue weighted by Gasteiger charge is 2.60. The van der Waals surface area contributed by atoms with E-state index in [4.69, 9.17) is 21.1 Å². The molecule has 2 aromatic rings. The molecule has 9 nitrogen and oxygen atoms in total. The van der Waals surface area contributed by atoms with Crippen LogP contribution in [0.1, 0.15) is 87.7 Å². The van der Waals surface area contributed by atoms with Crippen LogP contribution in [0.15, 0.2) is 48.6 Å². The number of anilines is 1. The lowest BCUT2D eigenvalue weighted by molar-refractivity contribution is -0.113. The van der Waals surface area contributed by atoms with Crippen LogP contribution in [0.5, 0.6) is 5.75 Å². The number of rotatable bonds is 5. The van der Waals surface area contributed by atoms with Crippen molar-refractivity contribution in [3.63, 3.8) is 0 Å². The van der Waals surface area contributed by atoms with Crippen molar-refractivity contribution in [2.45, 2.75) is 94.4 Å². The van der Waals surface area contributed by atoms with E-state index in [1.165, 1.54) is 11.1 Å². The van der Waals surface area contributed by atoms with Crippen LogP contribution in [0, 0.1) is 17.8 Å². The van der Waals surface area contributed by atoms with E-state index < -0.39 is 26.3 Å². The predicted molar refractivity (Wildman–Crippen MR) is 211 cm³/mol. The van der Waals surface area contributed by atoms with Crippen molar-refractivity contribution in [3.05, 3.63) is 70.3 Å². The Bertz CT molecular complexity index is 1860. The zero-order valence-corrected chi connectivity index (χ0v) is 33.5. The zero-order valence-electron chi connectivity index (χ0n) is 31.9. The van der Waals surface area contributed by atoms with Gasteiger partial charge in [-0.3, -0.25) is 14.6 Å². The molecule has 2 saturated carbocycles. The highest BCUT2D eigenvalue weighted by molar-refractivity contribution is 7.91. The van der Waals surface area contributed by atoms with Gasteiger partial charge in [0.2, 0.25) is 10.0 Å². The molecule has 1 spiro atoms. The van der Waals surface area contributed by atoms with Gasteiger partial charge in [0.05, 0.1) is 17.0 Å². The minimum Gasteiger partial charge on any atom is -0.490 e. The number of sulfonamides is 1. The number of ether oxygens (including phenoxy) is 2. The maximum absolute atomic E-state index is 13.8. The topological polar surface area (TPSA) is 91.4 Å². The van der Waals surface area contributed by atoms with Gasteiger partial charge in [0.15, 0.2) is 0 Å². The van der Waals surface area contributed by atoms with E-state index in [-0.39, 0.29) is 17.3 Å². The lowest BCUT2D eigenvalue weighted by Crippen LogP contribution is -2.59. The van der Waals surface area contributed by atoms with Crippen molar-refractivity contribution in [2.75, 3.05) is 63.9 Å². The summed E-state index contributed by atoms with van der Waals surface area (Å²) in [5, 5.41) is 0.754. The van der Waals surface area contributed by atoms with Crippen LogP contribution >= 0.6 is 11.6 Å². The molecule has 53 heavy (non-hydrogen) atoms. The molecule has 3 aliphatic heterocycles. The molecular weight excluding hydrogens is 708 g/mol. The van der Waals surface area contributed by atoms with E-state index >= 15 is 0 Å². The first-order chi connectivity index (χ1) is 25.4. The van der Waals surface area contributed by atoms with Crippen LogP contribution in [0.4, 0.5) is 5.69 Å². The van der Waals surface area contributed by atoms with Gasteiger partial charge in [-0.15, -0.1) is 0 Å². The molecule has 2 bridgehead atoms. The van der Waals surface area contributed by atoms with Crippen molar-refractivity contribution in [1.82, 2.24) is 14.5 Å². The molecule has 6 aliphatic rings. The molecule has 1 saturated heterocycles. The van der Waals surface area contributed by atoms with Crippen LogP contribution in [0.3, 0.4) is 0 Å². The van der Waals surface area contributed by atoms with Gasteiger partial charge in [-0.2, -0.15) is 0 Å². The molecule has 1 amide bonds. The van der Waals surface area contributed by atoms with Crippen LogP contribution in [-0.2, 0) is 26.6 Å². The van der Waals surface area contributed by atoms with Crippen LogP contribution in [-0.4, -0.2) is 99.5 Å². The summed E-state index contributed by atoms with van der Waals surface area (Å²) in [4.78, 5) is 21.3. The third-order valence-electron chi connectivity index (χ3n) is 13.8. The van der Waals surface area contributed by atoms with E-state index in [0.29, 0.717) is 43.6 Å². The van der Waals surface area contributed by atoms with Crippen molar-refractivity contribution < 1.29 is 22.7 Å². The molecule has 6 atom stereocenters. The second kappa shape index (κ2) is 14.1. The van der Waals surface area contributed by atoms with Gasteiger partial charge in [0.1, 0.15) is 11.4 Å². The van der Waals surface area contributed by atoms with Crippen molar-refractivity contribution in [1.29, 1.82) is 0 Å². The number of fused-ring (bicyclic) bond motifs is 5. The largest absolute Gasteiger partial charge is 0.490 e. The molecule has 2 aromatic carbocycles. The predicted octanol–water partition coefficient (Wildman–Crippen LogP) is 6.44. The molecule has 11 heteroatoms. The number of halogens is 1. The Balaban J connectivity index is 1.20. The summed E-state index contributed by atoms with van der Waals surface area (Å²) in [6, 6.07) is 12.3. The second-order valence-corrected chi connectivity index (χ2v) is 19.9. The van der Waals surface area contributed by atoms with E-state index in [1.54, 1.807) is 13.0 Å². The summed E-state index contributed by atoms with van der Waals surface area (Å²) in [7, 11) is -3.93. The molecule has 288 valence electrons. The van der Waals surface area contributed by atoms with Crippen molar-refractivity contribution >= 4 is 33.2 Å². The van der Waals surface area contributed by atoms with Gasteiger partial charge in [0, 0.05) is 74.5 Å². The first-order valence-corrected chi connectivity index (χ1v) is 21.9. The highest BCUT2D eigenvalue weighted by Crippen LogP contribution is 2.53. The first kappa shape index (κ1) is 37.3. The zero-order chi connectivity index (χ0) is 37.2. The summed E-state index contributed by atoms with van der Waals surface area (Å²) in [6.07, 6.45) is 10.9. The Morgan fingerprint density at radius 2 is 1.91 bits per heavy atom. The summed E-state index contributed by atoms with van der Waals surface area (Å²) in [5.74, 6) is 0.720. The fraction of sp³-hybridized carbons (Fsp3) is 0.643. The Kier molecular flexibility index (Phi) is 9.95. The summed E-state index contributed by atoms with van der Waals surface area (Å²) < 4.78 is 42.8. The highest BCUT2D eigenvalue weighted by atomic mass is 35.5. The number of carbonyl (C=O) groups is 1. The number of nitrogens with one attached hydrogen (secondary N) is 1. The normalized spacial score (nSPS) is 34.9. The number of allylic oxidation sites excluding steroid dienone is 1. The Morgan fingerprint density at radius 3 is 2.64 bits per heavy atom. The number of hydrogen-bond acceptors (Lipinski definition) is 8. The van der Waals surface area contributed by atoms with Gasteiger partial charge in [-0.05, 0) is 132 Å². The fourth-order valence-electron chi connectivity index (χ4n) is 10.3. The van der Waals surface area contributed by atoms with Crippen molar-refractivity contribution in [3.8, 4) is 5.75 Å².